The van der Waals surface area contributed by atoms with Crippen molar-refractivity contribution in [2.24, 2.45) is 50.7 Å². The van der Waals surface area contributed by atoms with Crippen LogP contribution in [0, 0.1) is 50.7 Å². The van der Waals surface area contributed by atoms with Crippen molar-refractivity contribution in [3.05, 3.63) is 23.8 Å². The molecule has 196 valence electrons. The highest BCUT2D eigenvalue weighted by Crippen LogP contribution is 2.75. The second-order valence-corrected chi connectivity index (χ2v) is 14.1. The minimum absolute atomic E-state index is 0.0451. The number of carbonyl (C=O) groups is 1. The van der Waals surface area contributed by atoms with Crippen LogP contribution >= 0.6 is 0 Å². The Hall–Kier alpha value is -1.17. The first-order valence-electron chi connectivity index (χ1n) is 13.8. The van der Waals surface area contributed by atoms with Gasteiger partial charge in [-0.3, -0.25) is 4.79 Å². The molecular formula is C30H46O5. The third-order valence-electron chi connectivity index (χ3n) is 13.0. The maximum atomic E-state index is 12.8. The van der Waals surface area contributed by atoms with Gasteiger partial charge in [-0.2, -0.15) is 0 Å². The summed E-state index contributed by atoms with van der Waals surface area (Å²) in [5.41, 5.74) is 0.416. The fourth-order valence-electron chi connectivity index (χ4n) is 10.8. The van der Waals surface area contributed by atoms with Crippen LogP contribution in [0.2, 0.25) is 0 Å². The second-order valence-electron chi connectivity index (χ2n) is 14.1. The van der Waals surface area contributed by atoms with Gasteiger partial charge in [0.05, 0.1) is 24.2 Å². The molecule has 0 amide bonds. The van der Waals surface area contributed by atoms with Crippen LogP contribution in [0.15, 0.2) is 23.8 Å². The molecule has 11 atom stereocenters. The molecule has 0 heterocycles. The number of allylic oxidation sites excluding steroid dienone is 3. The van der Waals surface area contributed by atoms with Gasteiger partial charge in [0.2, 0.25) is 0 Å². The Labute approximate surface area is 210 Å². The molecule has 35 heavy (non-hydrogen) atoms. The van der Waals surface area contributed by atoms with Crippen LogP contribution in [0.4, 0.5) is 0 Å². The van der Waals surface area contributed by atoms with Crippen molar-refractivity contribution >= 4 is 5.97 Å². The van der Waals surface area contributed by atoms with E-state index in [1.54, 1.807) is 0 Å². The lowest BCUT2D eigenvalue weighted by Gasteiger charge is -2.72. The SMILES string of the molecule is C=C1CC[C@]2(C(=O)O)CC[C@]3(C)C(=CC[C@@H]4[C@@]5(C)CC[C@H](O)[C@@](C)(CO)[C@@H]5[C@H](O)C[C@]43C)[C@@H]2[C@H]1C. The number of aliphatic hydroxyl groups excluding tert-OH is 3. The average Bonchev–Trinajstić information content (AvgIpc) is 2.79. The molecule has 5 aliphatic rings. The molecule has 4 saturated carbocycles. The highest BCUT2D eigenvalue weighted by Gasteiger charge is 2.71. The summed E-state index contributed by atoms with van der Waals surface area (Å²) in [7, 11) is 0. The maximum absolute atomic E-state index is 12.8. The van der Waals surface area contributed by atoms with E-state index in [4.69, 9.17) is 0 Å². The zero-order valence-electron chi connectivity index (χ0n) is 22.3. The van der Waals surface area contributed by atoms with Gasteiger partial charge in [-0.05, 0) is 79.4 Å². The molecule has 5 nitrogen and oxygen atoms in total. The normalized spacial score (nSPS) is 55.7. The van der Waals surface area contributed by atoms with Crippen molar-refractivity contribution in [3.8, 4) is 0 Å². The van der Waals surface area contributed by atoms with Crippen molar-refractivity contribution in [3.63, 3.8) is 0 Å². The first-order valence-corrected chi connectivity index (χ1v) is 13.8. The maximum Gasteiger partial charge on any atom is 0.310 e. The van der Waals surface area contributed by atoms with E-state index in [9.17, 15) is 25.2 Å². The predicted molar refractivity (Wildman–Crippen MR) is 135 cm³/mol. The molecule has 0 aromatic rings. The monoisotopic (exact) mass is 486 g/mol. The summed E-state index contributed by atoms with van der Waals surface area (Å²) in [4.78, 5) is 12.8. The van der Waals surface area contributed by atoms with Crippen LogP contribution in [0.5, 0.6) is 0 Å². The number of carboxylic acids is 1. The van der Waals surface area contributed by atoms with Crippen molar-refractivity contribution in [1.82, 2.24) is 0 Å². The van der Waals surface area contributed by atoms with Crippen LogP contribution in [0.25, 0.3) is 0 Å². The fourth-order valence-corrected chi connectivity index (χ4v) is 10.8. The molecule has 0 aromatic carbocycles. The number of carboxylic acid groups (broad SMARTS) is 1. The van der Waals surface area contributed by atoms with E-state index < -0.39 is 29.0 Å². The summed E-state index contributed by atoms with van der Waals surface area (Å²) in [5.74, 6) is -0.445. The average molecular weight is 487 g/mol. The van der Waals surface area contributed by atoms with Crippen LogP contribution in [-0.4, -0.2) is 45.2 Å². The number of aliphatic hydroxyl groups is 3. The molecule has 0 aromatic heterocycles. The number of fused-ring (bicyclic) bond motifs is 7. The zero-order valence-corrected chi connectivity index (χ0v) is 22.3. The summed E-state index contributed by atoms with van der Waals surface area (Å²) < 4.78 is 0. The standard InChI is InChI=1S/C30H46O5/c1-17-9-12-30(25(34)35)14-13-28(5)19(23(30)18(17)2)7-8-21-26(3)11-10-22(33)27(4,16-31)24(26)20(32)15-29(21,28)6/h7,18,20-24,31-33H,1,8-16H2,2-6H3,(H,34,35)/t18-,20+,21+,22-,23-,24+,26+,27+,28+,29+,30-/m0/s1. The first-order chi connectivity index (χ1) is 16.2. The van der Waals surface area contributed by atoms with Gasteiger partial charge in [-0.25, -0.2) is 0 Å². The lowest BCUT2D eigenvalue weighted by atomic mass is 9.33. The Morgan fingerprint density at radius 1 is 1.11 bits per heavy atom. The lowest BCUT2D eigenvalue weighted by molar-refractivity contribution is -0.251. The van der Waals surface area contributed by atoms with Gasteiger partial charge in [0, 0.05) is 17.3 Å². The Kier molecular flexibility index (Phi) is 5.59. The summed E-state index contributed by atoms with van der Waals surface area (Å²) in [6.07, 6.45) is 7.06. The van der Waals surface area contributed by atoms with E-state index in [-0.39, 0.29) is 40.6 Å². The van der Waals surface area contributed by atoms with Crippen LogP contribution in [0.3, 0.4) is 0 Å². The molecule has 5 aliphatic carbocycles. The molecule has 0 saturated heterocycles. The third-order valence-corrected chi connectivity index (χ3v) is 13.0. The number of rotatable bonds is 2. The third kappa shape index (κ3) is 2.89. The smallest absolute Gasteiger partial charge is 0.310 e. The molecule has 0 bridgehead atoms. The number of hydrogen-bond donors (Lipinski definition) is 4. The summed E-state index contributed by atoms with van der Waals surface area (Å²) in [5, 5.41) is 43.6. The van der Waals surface area contributed by atoms with Crippen molar-refractivity contribution in [2.75, 3.05) is 6.61 Å². The molecule has 5 heteroatoms. The Bertz CT molecular complexity index is 972. The van der Waals surface area contributed by atoms with Gasteiger partial charge in [-0.15, -0.1) is 0 Å². The fraction of sp³-hybridized carbons (Fsp3) is 0.833. The Balaban J connectivity index is 1.65. The lowest BCUT2D eigenvalue weighted by Crippen LogP contribution is -2.69. The van der Waals surface area contributed by atoms with Gasteiger partial charge >= 0.3 is 5.97 Å². The highest BCUT2D eigenvalue weighted by atomic mass is 16.4. The van der Waals surface area contributed by atoms with E-state index in [1.165, 1.54) is 11.1 Å². The molecule has 5 rings (SSSR count). The summed E-state index contributed by atoms with van der Waals surface area (Å²) >= 11 is 0. The molecule has 0 spiro atoms. The van der Waals surface area contributed by atoms with Crippen molar-refractivity contribution in [2.45, 2.75) is 98.2 Å². The van der Waals surface area contributed by atoms with Gasteiger partial charge in [0.1, 0.15) is 0 Å². The van der Waals surface area contributed by atoms with E-state index >= 15 is 0 Å². The Morgan fingerprint density at radius 2 is 1.80 bits per heavy atom. The van der Waals surface area contributed by atoms with Crippen molar-refractivity contribution < 1.29 is 25.2 Å². The highest BCUT2D eigenvalue weighted by molar-refractivity contribution is 5.77. The van der Waals surface area contributed by atoms with Gasteiger partial charge < -0.3 is 20.4 Å². The predicted octanol–water partition coefficient (Wildman–Crippen LogP) is 4.95. The molecule has 0 unspecified atom stereocenters. The van der Waals surface area contributed by atoms with Gasteiger partial charge in [0.15, 0.2) is 0 Å². The Morgan fingerprint density at radius 3 is 2.43 bits per heavy atom. The largest absolute Gasteiger partial charge is 0.481 e. The molecule has 0 radical (unpaired) electrons. The second kappa shape index (κ2) is 7.68. The summed E-state index contributed by atoms with van der Waals surface area (Å²) in [6, 6.07) is 0. The molecule has 0 aliphatic heterocycles. The van der Waals surface area contributed by atoms with E-state index in [0.29, 0.717) is 31.6 Å². The van der Waals surface area contributed by atoms with Crippen molar-refractivity contribution in [1.29, 1.82) is 0 Å². The summed E-state index contributed by atoms with van der Waals surface area (Å²) in [6.45, 7) is 15.3. The minimum Gasteiger partial charge on any atom is -0.481 e. The van der Waals surface area contributed by atoms with Crippen LogP contribution in [-0.2, 0) is 4.79 Å². The number of hydrogen-bond acceptors (Lipinski definition) is 4. The zero-order chi connectivity index (χ0) is 25.8. The van der Waals surface area contributed by atoms with Gasteiger partial charge in [-0.1, -0.05) is 58.4 Å². The topological polar surface area (TPSA) is 98.0 Å². The van der Waals surface area contributed by atoms with E-state index in [0.717, 1.165) is 25.7 Å². The molecule has 4 N–H and O–H groups in total. The van der Waals surface area contributed by atoms with Crippen LogP contribution in [0.1, 0.15) is 86.0 Å². The molecular weight excluding hydrogens is 440 g/mol. The minimum atomic E-state index is -0.723. The number of aliphatic carboxylic acids is 1. The van der Waals surface area contributed by atoms with Crippen LogP contribution < -0.4 is 0 Å². The first kappa shape index (κ1) is 25.5. The van der Waals surface area contributed by atoms with E-state index in [2.05, 4.69) is 40.3 Å². The quantitative estimate of drug-likeness (QED) is 0.414. The molecule has 4 fully saturated rings. The van der Waals surface area contributed by atoms with Gasteiger partial charge in [0.25, 0.3) is 0 Å². The van der Waals surface area contributed by atoms with E-state index in [1.807, 2.05) is 6.92 Å².